The molecule has 22 heavy (non-hydrogen) atoms. The first kappa shape index (κ1) is 14.6. The first-order chi connectivity index (χ1) is 10.6. The zero-order valence-corrected chi connectivity index (χ0v) is 12.9. The monoisotopic (exact) mass is 363 g/mol. The predicted octanol–water partition coefficient (Wildman–Crippen LogP) is 3.11. The van der Waals surface area contributed by atoms with E-state index in [0.717, 1.165) is 10.0 Å². The molecule has 1 aromatic heterocycles. The van der Waals surface area contributed by atoms with E-state index in [1.54, 1.807) is 30.5 Å². The third kappa shape index (κ3) is 3.30. The Hall–Kier alpha value is -2.28. The normalized spacial score (nSPS) is 16.8. The van der Waals surface area contributed by atoms with Crippen LogP contribution in [0, 0.1) is 5.82 Å². The smallest absolute Gasteiger partial charge is 0.269 e. The van der Waals surface area contributed by atoms with Crippen LogP contribution < -0.4 is 5.32 Å². The fourth-order valence-corrected chi connectivity index (χ4v) is 2.22. The molecular formula is C15H11BrFN3O2. The van der Waals surface area contributed by atoms with Gasteiger partial charge in [-0.15, -0.1) is 0 Å². The van der Waals surface area contributed by atoms with Crippen molar-refractivity contribution in [2.45, 2.75) is 12.5 Å². The molecule has 1 N–H and O–H groups in total. The van der Waals surface area contributed by atoms with Gasteiger partial charge in [0.1, 0.15) is 11.6 Å². The molecule has 1 aliphatic rings. The van der Waals surface area contributed by atoms with Gasteiger partial charge < -0.3 is 10.2 Å². The third-order valence-electron chi connectivity index (χ3n) is 3.12. The maximum absolute atomic E-state index is 12.9. The lowest BCUT2D eigenvalue weighted by molar-refractivity contribution is -0.125. The van der Waals surface area contributed by atoms with E-state index < -0.39 is 6.10 Å². The van der Waals surface area contributed by atoms with Gasteiger partial charge in [-0.1, -0.05) is 17.3 Å². The summed E-state index contributed by atoms with van der Waals surface area (Å²) in [5.74, 6) is -0.207. The molecule has 1 atom stereocenters. The Morgan fingerprint density at radius 1 is 1.27 bits per heavy atom. The van der Waals surface area contributed by atoms with Gasteiger partial charge in [0.2, 0.25) is 6.10 Å². The van der Waals surface area contributed by atoms with Crippen LogP contribution >= 0.6 is 15.9 Å². The lowest BCUT2D eigenvalue weighted by Crippen LogP contribution is -2.28. The summed E-state index contributed by atoms with van der Waals surface area (Å²) in [5.41, 5.74) is 1.35. The molecule has 2 aromatic rings. The second-order valence-corrected chi connectivity index (χ2v) is 5.61. The molecule has 3 rings (SSSR count). The van der Waals surface area contributed by atoms with Crippen molar-refractivity contribution in [3.63, 3.8) is 0 Å². The number of anilines is 1. The summed E-state index contributed by atoms with van der Waals surface area (Å²) in [4.78, 5) is 21.3. The van der Waals surface area contributed by atoms with Gasteiger partial charge in [-0.3, -0.25) is 4.79 Å². The van der Waals surface area contributed by atoms with Gasteiger partial charge in [-0.25, -0.2) is 9.37 Å². The molecule has 0 radical (unpaired) electrons. The van der Waals surface area contributed by atoms with Crippen molar-refractivity contribution in [1.29, 1.82) is 0 Å². The lowest BCUT2D eigenvalue weighted by Gasteiger charge is -2.08. The Bertz CT molecular complexity index is 717. The number of pyridine rings is 1. The molecule has 7 heteroatoms. The van der Waals surface area contributed by atoms with Crippen LogP contribution in [0.5, 0.6) is 0 Å². The number of nitrogens with one attached hydrogen (secondary N) is 1. The fourth-order valence-electron chi connectivity index (χ4n) is 1.99. The molecule has 0 spiro atoms. The van der Waals surface area contributed by atoms with Crippen LogP contribution in [0.3, 0.4) is 0 Å². The van der Waals surface area contributed by atoms with E-state index in [1.807, 2.05) is 0 Å². The number of carbonyl (C=O) groups excluding carboxylic acids is 1. The molecule has 1 amide bonds. The Kier molecular flexibility index (Phi) is 4.15. The standard InChI is InChI=1S/C15H11BrFN3O2/c16-10-3-6-14(18-8-10)19-15(21)13-7-12(20-22-13)9-1-4-11(17)5-2-9/h1-6,8,13H,7H2,(H,18,19,21)/t13-/m1/s1. The Morgan fingerprint density at radius 3 is 2.73 bits per heavy atom. The van der Waals surface area contributed by atoms with Gasteiger partial charge in [0.25, 0.3) is 5.91 Å². The van der Waals surface area contributed by atoms with Crippen molar-refractivity contribution in [2.75, 3.05) is 5.32 Å². The number of halogens is 2. The molecule has 112 valence electrons. The number of nitrogens with zero attached hydrogens (tertiary/aromatic N) is 2. The van der Waals surface area contributed by atoms with Gasteiger partial charge in [-0.05, 0) is 45.8 Å². The fraction of sp³-hybridized carbons (Fsp3) is 0.133. The van der Waals surface area contributed by atoms with Crippen LogP contribution in [-0.2, 0) is 9.63 Å². The topological polar surface area (TPSA) is 63.6 Å². The molecule has 0 unspecified atom stereocenters. The number of carbonyl (C=O) groups is 1. The second kappa shape index (κ2) is 6.23. The van der Waals surface area contributed by atoms with E-state index in [-0.39, 0.29) is 11.7 Å². The largest absolute Gasteiger partial charge is 0.382 e. The Balaban J connectivity index is 1.62. The van der Waals surface area contributed by atoms with Crippen molar-refractivity contribution in [2.24, 2.45) is 5.16 Å². The molecule has 0 fully saturated rings. The molecule has 1 aromatic carbocycles. The molecule has 0 bridgehead atoms. The van der Waals surface area contributed by atoms with Crippen LogP contribution in [0.2, 0.25) is 0 Å². The third-order valence-corrected chi connectivity index (χ3v) is 3.59. The number of hydrogen-bond donors (Lipinski definition) is 1. The maximum atomic E-state index is 12.9. The number of amides is 1. The van der Waals surface area contributed by atoms with Crippen LogP contribution in [-0.4, -0.2) is 22.7 Å². The summed E-state index contributed by atoms with van der Waals surface area (Å²) < 4.78 is 13.7. The molecule has 2 heterocycles. The molecule has 0 aliphatic carbocycles. The van der Waals surface area contributed by atoms with Crippen molar-refractivity contribution in [3.05, 3.63) is 58.4 Å². The zero-order chi connectivity index (χ0) is 15.5. The van der Waals surface area contributed by atoms with E-state index >= 15 is 0 Å². The van der Waals surface area contributed by atoms with E-state index in [0.29, 0.717) is 18.0 Å². The van der Waals surface area contributed by atoms with Crippen LogP contribution in [0.4, 0.5) is 10.2 Å². The quantitative estimate of drug-likeness (QED) is 0.910. The van der Waals surface area contributed by atoms with Crippen molar-refractivity contribution in [1.82, 2.24) is 4.98 Å². The number of hydrogen-bond acceptors (Lipinski definition) is 4. The maximum Gasteiger partial charge on any atom is 0.269 e. The summed E-state index contributed by atoms with van der Waals surface area (Å²) in [6.07, 6.45) is 1.20. The highest BCUT2D eigenvalue weighted by Crippen LogP contribution is 2.19. The minimum Gasteiger partial charge on any atom is -0.382 e. The first-order valence-electron chi connectivity index (χ1n) is 6.53. The van der Waals surface area contributed by atoms with Gasteiger partial charge in [0.05, 0.1) is 5.71 Å². The average Bonchev–Trinajstić information content (AvgIpc) is 3.00. The SMILES string of the molecule is O=C(Nc1ccc(Br)cn1)[C@H]1CC(c2ccc(F)cc2)=NO1. The summed E-state index contributed by atoms with van der Waals surface area (Å²) in [5, 5.41) is 6.56. The number of oxime groups is 1. The number of benzene rings is 1. The molecule has 5 nitrogen and oxygen atoms in total. The van der Waals surface area contributed by atoms with Crippen molar-refractivity contribution >= 4 is 33.4 Å². The minimum absolute atomic E-state index is 0.320. The van der Waals surface area contributed by atoms with Gasteiger partial charge >= 0.3 is 0 Å². The Morgan fingerprint density at radius 2 is 2.05 bits per heavy atom. The lowest BCUT2D eigenvalue weighted by atomic mass is 10.0. The summed E-state index contributed by atoms with van der Waals surface area (Å²) in [6, 6.07) is 9.35. The van der Waals surface area contributed by atoms with Gasteiger partial charge in [0, 0.05) is 17.1 Å². The van der Waals surface area contributed by atoms with Crippen LogP contribution in [0.15, 0.2) is 52.2 Å². The Labute approximate surface area is 134 Å². The van der Waals surface area contributed by atoms with E-state index in [4.69, 9.17) is 4.84 Å². The highest BCUT2D eigenvalue weighted by atomic mass is 79.9. The van der Waals surface area contributed by atoms with E-state index in [1.165, 1.54) is 12.1 Å². The number of rotatable bonds is 3. The number of aromatic nitrogens is 1. The molecule has 0 saturated carbocycles. The van der Waals surface area contributed by atoms with E-state index in [2.05, 4.69) is 31.4 Å². The highest BCUT2D eigenvalue weighted by Gasteiger charge is 2.29. The molecule has 1 aliphatic heterocycles. The molecule has 0 saturated heterocycles. The van der Waals surface area contributed by atoms with Crippen LogP contribution in [0.25, 0.3) is 0 Å². The van der Waals surface area contributed by atoms with Crippen molar-refractivity contribution in [3.8, 4) is 0 Å². The van der Waals surface area contributed by atoms with Gasteiger partial charge in [0.15, 0.2) is 0 Å². The van der Waals surface area contributed by atoms with Gasteiger partial charge in [-0.2, -0.15) is 0 Å². The predicted molar refractivity (Wildman–Crippen MR) is 83.0 cm³/mol. The highest BCUT2D eigenvalue weighted by molar-refractivity contribution is 9.10. The second-order valence-electron chi connectivity index (χ2n) is 4.69. The first-order valence-corrected chi connectivity index (χ1v) is 7.32. The summed E-state index contributed by atoms with van der Waals surface area (Å²) >= 11 is 3.27. The van der Waals surface area contributed by atoms with Crippen LogP contribution in [0.1, 0.15) is 12.0 Å². The minimum atomic E-state index is -0.717. The van der Waals surface area contributed by atoms with Crippen molar-refractivity contribution < 1.29 is 14.0 Å². The summed E-state index contributed by atoms with van der Waals surface area (Å²) in [7, 11) is 0. The summed E-state index contributed by atoms with van der Waals surface area (Å²) in [6.45, 7) is 0. The average molecular weight is 364 g/mol. The molecular weight excluding hydrogens is 353 g/mol. The zero-order valence-electron chi connectivity index (χ0n) is 11.3. The van der Waals surface area contributed by atoms with E-state index in [9.17, 15) is 9.18 Å².